The van der Waals surface area contributed by atoms with Gasteiger partial charge in [-0.1, -0.05) is 0 Å². The van der Waals surface area contributed by atoms with Crippen molar-refractivity contribution in [1.29, 1.82) is 0 Å². The van der Waals surface area contributed by atoms with Crippen molar-refractivity contribution in [3.8, 4) is 0 Å². The summed E-state index contributed by atoms with van der Waals surface area (Å²) >= 11 is 4.24. The van der Waals surface area contributed by atoms with Crippen LogP contribution in [0, 0.1) is 0 Å². The largest absolute Gasteiger partial charge is 0.394 e. The molecule has 0 aromatic carbocycles. The Morgan fingerprint density at radius 2 is 2.44 bits per heavy atom. The molecule has 2 nitrogen and oxygen atoms in total. The highest BCUT2D eigenvalue weighted by molar-refractivity contribution is 7.81. The molecule has 0 aliphatic carbocycles. The van der Waals surface area contributed by atoms with E-state index in [4.69, 9.17) is 9.84 Å². The van der Waals surface area contributed by atoms with E-state index in [0.717, 1.165) is 6.42 Å². The number of aliphatic hydroxyl groups excluding tert-OH is 1. The summed E-state index contributed by atoms with van der Waals surface area (Å²) in [7, 11) is 0. The summed E-state index contributed by atoms with van der Waals surface area (Å²) in [5, 5.41) is 8.91. The lowest BCUT2D eigenvalue weighted by Crippen LogP contribution is -2.20. The zero-order chi connectivity index (χ0) is 6.85. The van der Waals surface area contributed by atoms with E-state index in [2.05, 4.69) is 12.6 Å². The Morgan fingerprint density at radius 3 is 2.67 bits per heavy atom. The molecule has 3 heteroatoms. The monoisotopic (exact) mass is 148 g/mol. The van der Waals surface area contributed by atoms with Crippen molar-refractivity contribution in [2.24, 2.45) is 0 Å². The average molecular weight is 148 g/mol. The minimum absolute atomic E-state index is 0.0386. The van der Waals surface area contributed by atoms with Gasteiger partial charge in [-0.25, -0.2) is 0 Å². The van der Waals surface area contributed by atoms with Crippen molar-refractivity contribution < 1.29 is 9.84 Å². The lowest BCUT2D eigenvalue weighted by Gasteiger charge is -2.09. The van der Waals surface area contributed by atoms with Crippen LogP contribution in [0.2, 0.25) is 0 Å². The molecule has 9 heavy (non-hydrogen) atoms. The Kier molecular flexibility index (Phi) is 2.38. The van der Waals surface area contributed by atoms with E-state index in [1.807, 2.05) is 6.92 Å². The molecule has 0 saturated carbocycles. The zero-order valence-electron chi connectivity index (χ0n) is 5.45. The smallest absolute Gasteiger partial charge is 0.0925 e. The molecule has 1 fully saturated rings. The Bertz CT molecular complexity index is 97.1. The van der Waals surface area contributed by atoms with Gasteiger partial charge in [0.05, 0.1) is 18.8 Å². The quantitative estimate of drug-likeness (QED) is 0.529. The van der Waals surface area contributed by atoms with Crippen molar-refractivity contribution >= 4 is 12.6 Å². The van der Waals surface area contributed by atoms with Crippen molar-refractivity contribution in [3.05, 3.63) is 0 Å². The molecule has 0 aromatic heterocycles. The first kappa shape index (κ1) is 7.38. The van der Waals surface area contributed by atoms with E-state index in [1.54, 1.807) is 0 Å². The van der Waals surface area contributed by atoms with Gasteiger partial charge in [-0.3, -0.25) is 0 Å². The molecule has 1 rings (SSSR count). The summed E-state index contributed by atoms with van der Waals surface area (Å²) < 4.78 is 5.30. The van der Waals surface area contributed by atoms with Crippen LogP contribution in [0.1, 0.15) is 13.3 Å². The van der Waals surface area contributed by atoms with Crippen LogP contribution in [0.5, 0.6) is 0 Å². The van der Waals surface area contributed by atoms with Gasteiger partial charge in [0, 0.05) is 5.25 Å². The Labute approximate surface area is 60.6 Å². The number of thiol groups is 1. The summed E-state index contributed by atoms with van der Waals surface area (Å²) in [6.07, 6.45) is 1.18. The van der Waals surface area contributed by atoms with E-state index < -0.39 is 0 Å². The van der Waals surface area contributed by atoms with Crippen molar-refractivity contribution in [2.75, 3.05) is 6.61 Å². The van der Waals surface area contributed by atoms with Crippen LogP contribution in [0.3, 0.4) is 0 Å². The van der Waals surface area contributed by atoms with Gasteiger partial charge in [0.15, 0.2) is 0 Å². The maximum atomic E-state index is 8.68. The summed E-state index contributed by atoms with van der Waals surface area (Å²) in [5.41, 5.74) is 0. The highest BCUT2D eigenvalue weighted by Gasteiger charge is 2.29. The van der Waals surface area contributed by atoms with Gasteiger partial charge in [-0.2, -0.15) is 12.6 Å². The lowest BCUT2D eigenvalue weighted by atomic mass is 10.2. The Hall–Kier alpha value is 0.270. The average Bonchev–Trinajstić information content (AvgIpc) is 2.10. The van der Waals surface area contributed by atoms with E-state index in [1.165, 1.54) is 0 Å². The fourth-order valence-electron chi connectivity index (χ4n) is 1.10. The summed E-state index contributed by atoms with van der Waals surface area (Å²) in [6.45, 7) is 2.09. The first-order chi connectivity index (χ1) is 4.24. The normalized spacial score (nSPS) is 43.7. The predicted molar refractivity (Wildman–Crippen MR) is 38.8 cm³/mol. The van der Waals surface area contributed by atoms with Gasteiger partial charge in [-0.05, 0) is 13.3 Å². The standard InChI is InChI=1S/C6H12O2S/c1-4-2-6(9)5(3-7)8-4/h4-7,9H,2-3H2,1H3/t4-,5+,6+/m0/s1. The van der Waals surface area contributed by atoms with Gasteiger partial charge in [0.2, 0.25) is 0 Å². The molecular weight excluding hydrogens is 136 g/mol. The third kappa shape index (κ3) is 1.60. The topological polar surface area (TPSA) is 29.5 Å². The molecule has 1 aliphatic heterocycles. The molecule has 0 spiro atoms. The van der Waals surface area contributed by atoms with Crippen LogP contribution in [0.25, 0.3) is 0 Å². The van der Waals surface area contributed by atoms with Crippen LogP contribution in [0.15, 0.2) is 0 Å². The molecular formula is C6H12O2S. The number of hydrogen-bond donors (Lipinski definition) is 2. The summed E-state index contributed by atoms with van der Waals surface area (Å²) in [4.78, 5) is 0. The van der Waals surface area contributed by atoms with Gasteiger partial charge >= 0.3 is 0 Å². The second kappa shape index (κ2) is 2.90. The van der Waals surface area contributed by atoms with Crippen molar-refractivity contribution in [2.45, 2.75) is 30.8 Å². The van der Waals surface area contributed by atoms with Crippen LogP contribution in [-0.4, -0.2) is 29.2 Å². The first-order valence-corrected chi connectivity index (χ1v) is 3.70. The Balaban J connectivity index is 2.38. The van der Waals surface area contributed by atoms with Crippen LogP contribution in [-0.2, 0) is 4.74 Å². The van der Waals surface area contributed by atoms with Gasteiger partial charge < -0.3 is 9.84 Å². The summed E-state index contributed by atoms with van der Waals surface area (Å²) in [5.74, 6) is 0. The SMILES string of the molecule is C[C@H]1C[C@@H](S)[C@@H](CO)O1. The minimum atomic E-state index is -0.0386. The van der Waals surface area contributed by atoms with Crippen LogP contribution >= 0.6 is 12.6 Å². The van der Waals surface area contributed by atoms with E-state index in [0.29, 0.717) is 0 Å². The number of ether oxygens (including phenoxy) is 1. The predicted octanol–water partition coefficient (Wildman–Crippen LogP) is 0.454. The number of hydrogen-bond acceptors (Lipinski definition) is 3. The van der Waals surface area contributed by atoms with Crippen molar-refractivity contribution in [1.82, 2.24) is 0 Å². The van der Waals surface area contributed by atoms with Gasteiger partial charge in [0.25, 0.3) is 0 Å². The Morgan fingerprint density at radius 1 is 1.78 bits per heavy atom. The van der Waals surface area contributed by atoms with Crippen molar-refractivity contribution in [3.63, 3.8) is 0 Å². The fraction of sp³-hybridized carbons (Fsp3) is 1.00. The fourth-order valence-corrected chi connectivity index (χ4v) is 1.56. The molecule has 0 bridgehead atoms. The molecule has 0 aromatic rings. The molecule has 1 heterocycles. The molecule has 3 atom stereocenters. The molecule has 0 radical (unpaired) electrons. The molecule has 54 valence electrons. The maximum absolute atomic E-state index is 8.68. The highest BCUT2D eigenvalue weighted by atomic mass is 32.1. The van der Waals surface area contributed by atoms with Gasteiger partial charge in [-0.15, -0.1) is 0 Å². The second-order valence-electron chi connectivity index (χ2n) is 2.47. The number of rotatable bonds is 1. The molecule has 1 saturated heterocycles. The zero-order valence-corrected chi connectivity index (χ0v) is 6.34. The second-order valence-corrected chi connectivity index (χ2v) is 3.13. The molecule has 1 N–H and O–H groups in total. The lowest BCUT2D eigenvalue weighted by molar-refractivity contribution is 0.0213. The first-order valence-electron chi connectivity index (χ1n) is 3.18. The molecule has 1 aliphatic rings. The van der Waals surface area contributed by atoms with E-state index in [-0.39, 0.29) is 24.1 Å². The van der Waals surface area contributed by atoms with Crippen LogP contribution in [0.4, 0.5) is 0 Å². The molecule has 0 amide bonds. The maximum Gasteiger partial charge on any atom is 0.0925 e. The minimum Gasteiger partial charge on any atom is -0.394 e. The molecule has 0 unspecified atom stereocenters. The third-order valence-corrected chi connectivity index (χ3v) is 2.13. The van der Waals surface area contributed by atoms with E-state index >= 15 is 0 Å². The van der Waals surface area contributed by atoms with E-state index in [9.17, 15) is 0 Å². The van der Waals surface area contributed by atoms with Crippen LogP contribution < -0.4 is 0 Å². The summed E-state index contributed by atoms with van der Waals surface area (Å²) in [6, 6.07) is 0. The third-order valence-electron chi connectivity index (χ3n) is 1.59. The highest BCUT2D eigenvalue weighted by Crippen LogP contribution is 2.23. The van der Waals surface area contributed by atoms with Gasteiger partial charge in [0.1, 0.15) is 0 Å². The number of aliphatic hydroxyl groups is 1.